The molecule has 1 aromatic rings. The average molecular weight is 360 g/mol. The van der Waals surface area contributed by atoms with Crippen LogP contribution in [0.3, 0.4) is 0 Å². The van der Waals surface area contributed by atoms with Gasteiger partial charge in [-0.3, -0.25) is 4.79 Å². The molecule has 1 aliphatic heterocycles. The Kier molecular flexibility index (Phi) is 4.86. The Balaban J connectivity index is 1.86. The zero-order valence-corrected chi connectivity index (χ0v) is 13.8. The molecule has 1 unspecified atom stereocenters. The minimum atomic E-state index is -3.04. The Morgan fingerprint density at radius 1 is 1.35 bits per heavy atom. The van der Waals surface area contributed by atoms with E-state index in [-0.39, 0.29) is 11.2 Å². The van der Waals surface area contributed by atoms with Gasteiger partial charge in [-0.1, -0.05) is 28.1 Å². The number of carbonyl (C=O) groups excluding carboxylic acids is 1. The maximum Gasteiger partial charge on any atom is 0.222 e. The van der Waals surface area contributed by atoms with E-state index in [0.29, 0.717) is 32.4 Å². The lowest BCUT2D eigenvalue weighted by Crippen LogP contribution is -2.31. The number of hydrogen-bond acceptors (Lipinski definition) is 3. The lowest BCUT2D eigenvalue weighted by Gasteiger charge is -2.16. The first-order valence-corrected chi connectivity index (χ1v) is 9.32. The smallest absolute Gasteiger partial charge is 0.222 e. The maximum atomic E-state index is 12.1. The van der Waals surface area contributed by atoms with Crippen molar-refractivity contribution in [2.45, 2.75) is 24.5 Å². The second kappa shape index (κ2) is 6.26. The van der Waals surface area contributed by atoms with E-state index in [4.69, 9.17) is 0 Å². The quantitative estimate of drug-likeness (QED) is 0.826. The summed E-state index contributed by atoms with van der Waals surface area (Å²) in [5.74, 6) is 0.0408. The molecule has 1 fully saturated rings. The summed E-state index contributed by atoms with van der Waals surface area (Å²) in [5.41, 5.74) is 1.11. The second-order valence-corrected chi connectivity index (χ2v) is 8.45. The summed E-state index contributed by atoms with van der Waals surface area (Å²) in [4.78, 5) is 13.8. The van der Waals surface area contributed by atoms with Crippen molar-refractivity contribution in [2.75, 3.05) is 19.3 Å². The first-order chi connectivity index (χ1) is 9.36. The molecular weight excluding hydrogens is 342 g/mol. The largest absolute Gasteiger partial charge is 0.341 e. The van der Waals surface area contributed by atoms with Crippen LogP contribution in [0.1, 0.15) is 18.4 Å². The molecule has 1 heterocycles. The number of likely N-dealkylation sites (tertiary alicyclic amines) is 1. The second-order valence-electron chi connectivity index (χ2n) is 5.21. The number of hydrogen-bond donors (Lipinski definition) is 0. The molecule has 0 aliphatic carbocycles. The Hall–Kier alpha value is -0.880. The zero-order valence-electron chi connectivity index (χ0n) is 11.4. The van der Waals surface area contributed by atoms with Gasteiger partial charge in [0.05, 0.1) is 5.25 Å². The van der Waals surface area contributed by atoms with Crippen molar-refractivity contribution in [3.05, 3.63) is 34.3 Å². The van der Waals surface area contributed by atoms with E-state index in [2.05, 4.69) is 15.9 Å². The SMILES string of the molecule is CS(=O)(=O)C1CCN(C(=O)CCc2ccc(Br)cc2)C1. The molecule has 1 amide bonds. The van der Waals surface area contributed by atoms with E-state index >= 15 is 0 Å². The predicted molar refractivity (Wildman–Crippen MR) is 82.3 cm³/mol. The Bertz CT molecular complexity index is 583. The number of carbonyl (C=O) groups is 1. The first kappa shape index (κ1) is 15.5. The maximum absolute atomic E-state index is 12.1. The molecule has 0 radical (unpaired) electrons. The van der Waals surface area contributed by atoms with Gasteiger partial charge in [0.15, 0.2) is 9.84 Å². The van der Waals surface area contributed by atoms with Crippen molar-refractivity contribution < 1.29 is 13.2 Å². The van der Waals surface area contributed by atoms with Gasteiger partial charge < -0.3 is 4.90 Å². The molecule has 0 saturated carbocycles. The molecule has 1 aromatic carbocycles. The van der Waals surface area contributed by atoms with Crippen LogP contribution in [0.5, 0.6) is 0 Å². The summed E-state index contributed by atoms with van der Waals surface area (Å²) < 4.78 is 24.0. The molecule has 1 aliphatic rings. The van der Waals surface area contributed by atoms with Crippen LogP contribution in [-0.4, -0.2) is 43.8 Å². The van der Waals surface area contributed by atoms with E-state index in [1.54, 1.807) is 4.90 Å². The minimum absolute atomic E-state index is 0.0408. The van der Waals surface area contributed by atoms with E-state index in [1.165, 1.54) is 6.26 Å². The van der Waals surface area contributed by atoms with Gasteiger partial charge in [0.25, 0.3) is 0 Å². The standard InChI is InChI=1S/C14H18BrNO3S/c1-20(18,19)13-8-9-16(10-13)14(17)7-4-11-2-5-12(15)6-3-11/h2-3,5-6,13H,4,7-10H2,1H3. The highest BCUT2D eigenvalue weighted by Crippen LogP contribution is 2.18. The molecule has 0 N–H and O–H groups in total. The number of nitrogens with zero attached hydrogens (tertiary/aromatic N) is 1. The molecular formula is C14H18BrNO3S. The summed E-state index contributed by atoms with van der Waals surface area (Å²) in [6, 6.07) is 7.88. The van der Waals surface area contributed by atoms with Crippen molar-refractivity contribution >= 4 is 31.7 Å². The van der Waals surface area contributed by atoms with Gasteiger partial charge in [-0.05, 0) is 30.5 Å². The van der Waals surface area contributed by atoms with Gasteiger partial charge in [0, 0.05) is 30.2 Å². The van der Waals surface area contributed by atoms with Crippen LogP contribution in [0.2, 0.25) is 0 Å². The summed E-state index contributed by atoms with van der Waals surface area (Å²) in [6.07, 6.45) is 2.92. The number of aryl methyl sites for hydroxylation is 1. The Morgan fingerprint density at radius 2 is 2.00 bits per heavy atom. The summed E-state index contributed by atoms with van der Waals surface area (Å²) in [7, 11) is -3.04. The van der Waals surface area contributed by atoms with Crippen LogP contribution in [-0.2, 0) is 21.1 Å². The van der Waals surface area contributed by atoms with Crippen LogP contribution in [0.25, 0.3) is 0 Å². The van der Waals surface area contributed by atoms with Gasteiger partial charge in [-0.2, -0.15) is 0 Å². The monoisotopic (exact) mass is 359 g/mol. The Morgan fingerprint density at radius 3 is 2.55 bits per heavy atom. The third kappa shape index (κ3) is 4.06. The topological polar surface area (TPSA) is 54.5 Å². The molecule has 4 nitrogen and oxygen atoms in total. The molecule has 20 heavy (non-hydrogen) atoms. The van der Waals surface area contributed by atoms with Crippen LogP contribution in [0.4, 0.5) is 0 Å². The van der Waals surface area contributed by atoms with Crippen molar-refractivity contribution in [3.8, 4) is 0 Å². The van der Waals surface area contributed by atoms with Crippen molar-refractivity contribution in [1.82, 2.24) is 4.90 Å². The first-order valence-electron chi connectivity index (χ1n) is 6.57. The van der Waals surface area contributed by atoms with Crippen LogP contribution in [0.15, 0.2) is 28.7 Å². The molecule has 2 rings (SSSR count). The molecule has 6 heteroatoms. The number of benzene rings is 1. The fraction of sp³-hybridized carbons (Fsp3) is 0.500. The summed E-state index contributed by atoms with van der Waals surface area (Å²) >= 11 is 3.37. The van der Waals surface area contributed by atoms with Crippen LogP contribution in [0, 0.1) is 0 Å². The number of amides is 1. The van der Waals surface area contributed by atoms with Crippen molar-refractivity contribution in [2.24, 2.45) is 0 Å². The van der Waals surface area contributed by atoms with E-state index in [1.807, 2.05) is 24.3 Å². The van der Waals surface area contributed by atoms with E-state index in [9.17, 15) is 13.2 Å². The van der Waals surface area contributed by atoms with E-state index < -0.39 is 9.84 Å². The Labute approximate surface area is 128 Å². The highest BCUT2D eigenvalue weighted by Gasteiger charge is 2.32. The van der Waals surface area contributed by atoms with Crippen LogP contribution < -0.4 is 0 Å². The van der Waals surface area contributed by atoms with Gasteiger partial charge in [-0.15, -0.1) is 0 Å². The number of halogens is 1. The highest BCUT2D eigenvalue weighted by atomic mass is 79.9. The molecule has 1 atom stereocenters. The third-order valence-electron chi connectivity index (χ3n) is 3.64. The summed E-state index contributed by atoms with van der Waals surface area (Å²) in [6.45, 7) is 0.898. The van der Waals surface area contributed by atoms with Gasteiger partial charge >= 0.3 is 0 Å². The molecule has 0 bridgehead atoms. The van der Waals surface area contributed by atoms with Crippen LogP contribution >= 0.6 is 15.9 Å². The average Bonchev–Trinajstić information content (AvgIpc) is 2.87. The fourth-order valence-electron chi connectivity index (χ4n) is 2.36. The lowest BCUT2D eigenvalue weighted by molar-refractivity contribution is -0.130. The van der Waals surface area contributed by atoms with Crippen molar-refractivity contribution in [1.29, 1.82) is 0 Å². The van der Waals surface area contributed by atoms with Crippen molar-refractivity contribution in [3.63, 3.8) is 0 Å². The number of rotatable bonds is 4. The number of sulfone groups is 1. The normalized spacial score (nSPS) is 19.3. The summed E-state index contributed by atoms with van der Waals surface area (Å²) in [5, 5.41) is -0.390. The lowest BCUT2D eigenvalue weighted by atomic mass is 10.1. The highest BCUT2D eigenvalue weighted by molar-refractivity contribution is 9.10. The molecule has 0 aromatic heterocycles. The zero-order chi connectivity index (χ0) is 14.8. The van der Waals surface area contributed by atoms with E-state index in [0.717, 1.165) is 10.0 Å². The molecule has 0 spiro atoms. The predicted octanol–water partition coefficient (Wildman–Crippen LogP) is 2.03. The van der Waals surface area contributed by atoms with Gasteiger partial charge in [-0.25, -0.2) is 8.42 Å². The van der Waals surface area contributed by atoms with Gasteiger partial charge in [0.2, 0.25) is 5.91 Å². The fourth-order valence-corrected chi connectivity index (χ4v) is 3.61. The van der Waals surface area contributed by atoms with Gasteiger partial charge in [0.1, 0.15) is 0 Å². The molecule has 110 valence electrons. The molecule has 1 saturated heterocycles. The minimum Gasteiger partial charge on any atom is -0.341 e. The third-order valence-corrected chi connectivity index (χ3v) is 5.77.